The maximum atomic E-state index is 12.9. The molecule has 1 heterocycles. The Kier molecular flexibility index (Phi) is 5.35. The lowest BCUT2D eigenvalue weighted by Gasteiger charge is -2.28. The van der Waals surface area contributed by atoms with Crippen molar-refractivity contribution >= 4 is 10.0 Å². The highest BCUT2D eigenvalue weighted by Gasteiger charge is 2.29. The van der Waals surface area contributed by atoms with Crippen LogP contribution in [0.5, 0.6) is 0 Å². The van der Waals surface area contributed by atoms with Crippen LogP contribution < -0.4 is 5.32 Å². The number of halogens is 1. The van der Waals surface area contributed by atoms with Crippen molar-refractivity contribution in [1.29, 1.82) is 0 Å². The molecule has 1 unspecified atom stereocenters. The van der Waals surface area contributed by atoms with Crippen LogP contribution in [0.25, 0.3) is 0 Å². The topological polar surface area (TPSA) is 49.4 Å². The zero-order valence-corrected chi connectivity index (χ0v) is 13.4. The highest BCUT2D eigenvalue weighted by Crippen LogP contribution is 2.17. The monoisotopic (exact) mass is 314 g/mol. The number of hydrogen-bond donors (Lipinski definition) is 1. The largest absolute Gasteiger partial charge is 0.313 e. The molecule has 1 saturated heterocycles. The van der Waals surface area contributed by atoms with E-state index in [1.54, 1.807) is 4.31 Å². The van der Waals surface area contributed by atoms with Gasteiger partial charge >= 0.3 is 0 Å². The van der Waals surface area contributed by atoms with Crippen LogP contribution in [0.4, 0.5) is 4.39 Å². The van der Waals surface area contributed by atoms with Gasteiger partial charge in [0, 0.05) is 18.6 Å². The molecule has 1 aliphatic heterocycles. The highest BCUT2D eigenvalue weighted by atomic mass is 32.2. The molecule has 21 heavy (non-hydrogen) atoms. The van der Waals surface area contributed by atoms with Gasteiger partial charge in [0.15, 0.2) is 0 Å². The molecule has 4 nitrogen and oxygen atoms in total. The first kappa shape index (κ1) is 16.4. The van der Waals surface area contributed by atoms with E-state index in [2.05, 4.69) is 5.32 Å². The van der Waals surface area contributed by atoms with Crippen molar-refractivity contribution in [2.75, 3.05) is 13.1 Å². The van der Waals surface area contributed by atoms with E-state index in [0.717, 1.165) is 19.4 Å². The standard InChI is InChI=1S/C15H23FN2O2S/c1-12(2)18(10-15-4-3-9-17-15)21(19,20)11-13-5-7-14(16)8-6-13/h5-8,12,15,17H,3-4,9-11H2,1-2H3. The fraction of sp³-hybridized carbons (Fsp3) is 0.600. The average molecular weight is 314 g/mol. The van der Waals surface area contributed by atoms with Gasteiger partial charge in [-0.05, 0) is 50.9 Å². The first-order chi connectivity index (χ1) is 9.88. The maximum Gasteiger partial charge on any atom is 0.218 e. The molecule has 1 N–H and O–H groups in total. The third-order valence-corrected chi connectivity index (χ3v) is 5.74. The molecule has 0 spiro atoms. The minimum atomic E-state index is -3.40. The molecule has 118 valence electrons. The van der Waals surface area contributed by atoms with Gasteiger partial charge in [-0.3, -0.25) is 0 Å². The molecule has 1 fully saturated rings. The third kappa shape index (κ3) is 4.49. The second kappa shape index (κ2) is 6.85. The van der Waals surface area contributed by atoms with Crippen LogP contribution in [0.1, 0.15) is 32.3 Å². The lowest BCUT2D eigenvalue weighted by atomic mass is 10.2. The summed E-state index contributed by atoms with van der Waals surface area (Å²) in [5, 5.41) is 3.33. The summed E-state index contributed by atoms with van der Waals surface area (Å²) in [6.45, 7) is 5.23. The molecule has 0 aliphatic carbocycles. The first-order valence-electron chi connectivity index (χ1n) is 7.36. The Balaban J connectivity index is 2.11. The lowest BCUT2D eigenvalue weighted by molar-refractivity contribution is 0.322. The van der Waals surface area contributed by atoms with Crippen LogP contribution in [0.3, 0.4) is 0 Å². The van der Waals surface area contributed by atoms with E-state index >= 15 is 0 Å². The summed E-state index contributed by atoms with van der Waals surface area (Å²) in [7, 11) is -3.40. The number of hydrogen-bond acceptors (Lipinski definition) is 3. The summed E-state index contributed by atoms with van der Waals surface area (Å²) in [5.41, 5.74) is 0.612. The number of nitrogens with zero attached hydrogens (tertiary/aromatic N) is 1. The number of rotatable bonds is 6. The first-order valence-corrected chi connectivity index (χ1v) is 8.97. The smallest absolute Gasteiger partial charge is 0.218 e. The van der Waals surface area contributed by atoms with Crippen molar-refractivity contribution in [2.24, 2.45) is 0 Å². The van der Waals surface area contributed by atoms with Gasteiger partial charge in [-0.1, -0.05) is 12.1 Å². The third-order valence-electron chi connectivity index (χ3n) is 3.76. The molecule has 0 saturated carbocycles. The molecule has 0 aromatic heterocycles. The van der Waals surface area contributed by atoms with E-state index in [1.165, 1.54) is 24.3 Å². The molecule has 1 aromatic rings. The molecule has 6 heteroatoms. The van der Waals surface area contributed by atoms with Crippen molar-refractivity contribution < 1.29 is 12.8 Å². The Morgan fingerprint density at radius 2 is 2.00 bits per heavy atom. The Labute approximate surface area is 126 Å². The molecule has 2 rings (SSSR count). The van der Waals surface area contributed by atoms with Gasteiger partial charge in [-0.2, -0.15) is 4.31 Å². The summed E-state index contributed by atoms with van der Waals surface area (Å²) in [6, 6.07) is 5.79. The summed E-state index contributed by atoms with van der Waals surface area (Å²) < 4.78 is 39.7. The highest BCUT2D eigenvalue weighted by molar-refractivity contribution is 7.88. The van der Waals surface area contributed by atoms with Crippen molar-refractivity contribution in [3.63, 3.8) is 0 Å². The van der Waals surface area contributed by atoms with Crippen molar-refractivity contribution in [2.45, 2.75) is 44.5 Å². The number of nitrogens with one attached hydrogen (secondary N) is 1. The van der Waals surface area contributed by atoms with E-state index in [4.69, 9.17) is 0 Å². The van der Waals surface area contributed by atoms with Crippen molar-refractivity contribution in [3.05, 3.63) is 35.6 Å². The predicted octanol–water partition coefficient (Wildman–Crippen LogP) is 2.12. The molecule has 0 amide bonds. The molecular weight excluding hydrogens is 291 g/mol. The molecule has 1 atom stereocenters. The van der Waals surface area contributed by atoms with E-state index in [0.29, 0.717) is 12.1 Å². The quantitative estimate of drug-likeness (QED) is 0.875. The van der Waals surface area contributed by atoms with Crippen LogP contribution in [0.2, 0.25) is 0 Å². The van der Waals surface area contributed by atoms with E-state index in [-0.39, 0.29) is 23.7 Å². The van der Waals surface area contributed by atoms with Crippen LogP contribution in [-0.4, -0.2) is 37.9 Å². The normalized spacial score (nSPS) is 19.6. The summed E-state index contributed by atoms with van der Waals surface area (Å²) in [6.07, 6.45) is 2.10. The van der Waals surface area contributed by atoms with E-state index in [1.807, 2.05) is 13.8 Å². The van der Waals surface area contributed by atoms with E-state index in [9.17, 15) is 12.8 Å². The zero-order valence-electron chi connectivity index (χ0n) is 12.5. The molecule has 1 aromatic carbocycles. The second-order valence-electron chi connectivity index (χ2n) is 5.84. The SMILES string of the molecule is CC(C)N(CC1CCCN1)S(=O)(=O)Cc1ccc(F)cc1. The van der Waals surface area contributed by atoms with E-state index < -0.39 is 10.0 Å². The van der Waals surface area contributed by atoms with Crippen LogP contribution in [-0.2, 0) is 15.8 Å². The lowest BCUT2D eigenvalue weighted by Crippen LogP contribution is -2.45. The Morgan fingerprint density at radius 1 is 1.33 bits per heavy atom. The van der Waals surface area contributed by atoms with Gasteiger partial charge in [-0.25, -0.2) is 12.8 Å². The Hall–Kier alpha value is -0.980. The summed E-state index contributed by atoms with van der Waals surface area (Å²) in [4.78, 5) is 0. The maximum absolute atomic E-state index is 12.9. The van der Waals surface area contributed by atoms with Crippen molar-refractivity contribution in [3.8, 4) is 0 Å². The number of sulfonamides is 1. The van der Waals surface area contributed by atoms with Gasteiger partial charge in [0.25, 0.3) is 0 Å². The molecule has 0 radical (unpaired) electrons. The summed E-state index contributed by atoms with van der Waals surface area (Å²) in [5.74, 6) is -0.440. The van der Waals surface area contributed by atoms with Crippen LogP contribution in [0.15, 0.2) is 24.3 Å². The number of benzene rings is 1. The minimum Gasteiger partial charge on any atom is -0.313 e. The fourth-order valence-corrected chi connectivity index (χ4v) is 4.48. The minimum absolute atomic E-state index is 0.0851. The van der Waals surface area contributed by atoms with Gasteiger partial charge in [0.2, 0.25) is 10.0 Å². The molecular formula is C15H23FN2O2S. The van der Waals surface area contributed by atoms with Gasteiger partial charge in [0.1, 0.15) is 5.82 Å². The van der Waals surface area contributed by atoms with Crippen LogP contribution in [0, 0.1) is 5.82 Å². The van der Waals surface area contributed by atoms with Gasteiger partial charge < -0.3 is 5.32 Å². The molecule has 1 aliphatic rings. The van der Waals surface area contributed by atoms with Gasteiger partial charge in [0.05, 0.1) is 5.75 Å². The van der Waals surface area contributed by atoms with Crippen molar-refractivity contribution in [1.82, 2.24) is 9.62 Å². The second-order valence-corrected chi connectivity index (χ2v) is 7.76. The molecule has 0 bridgehead atoms. The van der Waals surface area contributed by atoms with Crippen LogP contribution >= 0.6 is 0 Å². The summed E-state index contributed by atoms with van der Waals surface area (Å²) >= 11 is 0. The zero-order chi connectivity index (χ0) is 15.5. The Morgan fingerprint density at radius 3 is 2.52 bits per heavy atom. The van der Waals surface area contributed by atoms with Gasteiger partial charge in [-0.15, -0.1) is 0 Å². The predicted molar refractivity (Wildman–Crippen MR) is 81.9 cm³/mol. The Bertz CT molecular complexity index is 552. The fourth-order valence-electron chi connectivity index (χ4n) is 2.65. The average Bonchev–Trinajstić information content (AvgIpc) is 2.91.